The van der Waals surface area contributed by atoms with E-state index in [0.29, 0.717) is 12.1 Å². The van der Waals surface area contributed by atoms with E-state index in [1.165, 1.54) is 12.1 Å². The van der Waals surface area contributed by atoms with Crippen LogP contribution in [0.5, 0.6) is 5.75 Å². The highest BCUT2D eigenvalue weighted by molar-refractivity contribution is 14.1. The van der Waals surface area contributed by atoms with Crippen molar-refractivity contribution in [3.05, 3.63) is 98.1 Å². The highest BCUT2D eigenvalue weighted by Crippen LogP contribution is 2.34. The minimum absolute atomic E-state index is 0.0676. The van der Waals surface area contributed by atoms with Gasteiger partial charge in [0.2, 0.25) is 5.91 Å². The first-order valence-electron chi connectivity index (χ1n) is 12.7. The topological polar surface area (TPSA) is 70.6 Å². The van der Waals surface area contributed by atoms with E-state index in [0.717, 1.165) is 38.5 Å². The quantitative estimate of drug-likeness (QED) is 0.273. The summed E-state index contributed by atoms with van der Waals surface area (Å²) in [5.41, 5.74) is 2.38. The standard InChI is InChI=1S/C30H33F2IN2O3/c1-18-9-21-14-22(7-8-28(21)38-18)30(2,3)29(37)35-26(13-20-10-23(31)15-24(32)11-20)27(36)17-34-16-19-5-4-6-25(33)12-19/h4-8,10-12,14-15,18,26-27,34,36H,9,13,16-17H2,1-3H3,(H,35,37)/t18?,26-,27-/m1/s1. The molecular formula is C30H33F2IN2O3. The maximum Gasteiger partial charge on any atom is 0.230 e. The van der Waals surface area contributed by atoms with Crippen molar-refractivity contribution in [3.63, 3.8) is 0 Å². The Kier molecular flexibility index (Phi) is 9.05. The second kappa shape index (κ2) is 12.1. The van der Waals surface area contributed by atoms with Crippen molar-refractivity contribution < 1.29 is 23.4 Å². The van der Waals surface area contributed by atoms with Crippen LogP contribution in [0.15, 0.2) is 60.7 Å². The molecule has 1 amide bonds. The largest absolute Gasteiger partial charge is 0.490 e. The number of hydrogen-bond acceptors (Lipinski definition) is 4. The molecule has 3 N–H and O–H groups in total. The second-order valence-corrected chi connectivity index (χ2v) is 11.7. The molecule has 0 aromatic heterocycles. The molecule has 0 fully saturated rings. The van der Waals surface area contributed by atoms with Crippen LogP contribution < -0.4 is 15.4 Å². The number of halogens is 3. The Morgan fingerprint density at radius 1 is 1.11 bits per heavy atom. The third kappa shape index (κ3) is 7.09. The molecule has 5 nitrogen and oxygen atoms in total. The van der Waals surface area contributed by atoms with Gasteiger partial charge in [0, 0.05) is 29.1 Å². The molecule has 1 unspecified atom stereocenters. The summed E-state index contributed by atoms with van der Waals surface area (Å²) in [4.78, 5) is 13.6. The van der Waals surface area contributed by atoms with E-state index in [-0.39, 0.29) is 25.0 Å². The molecule has 3 aromatic rings. The predicted molar refractivity (Wildman–Crippen MR) is 152 cm³/mol. The van der Waals surface area contributed by atoms with Gasteiger partial charge in [-0.05, 0) is 102 Å². The molecule has 0 saturated heterocycles. The van der Waals surface area contributed by atoms with E-state index in [2.05, 4.69) is 33.2 Å². The monoisotopic (exact) mass is 634 g/mol. The lowest BCUT2D eigenvalue weighted by Crippen LogP contribution is -2.53. The average molecular weight is 635 g/mol. The molecule has 0 saturated carbocycles. The summed E-state index contributed by atoms with van der Waals surface area (Å²) in [6.45, 7) is 6.37. The lowest BCUT2D eigenvalue weighted by molar-refractivity contribution is -0.127. The zero-order chi connectivity index (χ0) is 27.4. The highest BCUT2D eigenvalue weighted by Gasteiger charge is 2.34. The number of carbonyl (C=O) groups is 1. The molecule has 3 atom stereocenters. The zero-order valence-electron chi connectivity index (χ0n) is 21.7. The number of carbonyl (C=O) groups excluding carboxylic acids is 1. The number of ether oxygens (including phenoxy) is 1. The van der Waals surface area contributed by atoms with Gasteiger partial charge in [0.15, 0.2) is 0 Å². The van der Waals surface area contributed by atoms with E-state index in [1.807, 2.05) is 63.2 Å². The lowest BCUT2D eigenvalue weighted by atomic mass is 9.82. The van der Waals surface area contributed by atoms with Gasteiger partial charge >= 0.3 is 0 Å². The van der Waals surface area contributed by atoms with Crippen LogP contribution in [-0.4, -0.2) is 35.8 Å². The predicted octanol–water partition coefficient (Wildman–Crippen LogP) is 5.05. The van der Waals surface area contributed by atoms with Gasteiger partial charge in [-0.25, -0.2) is 8.78 Å². The third-order valence-electron chi connectivity index (χ3n) is 6.92. The number of benzene rings is 3. The average Bonchev–Trinajstić information content (AvgIpc) is 3.22. The summed E-state index contributed by atoms with van der Waals surface area (Å²) < 4.78 is 34.7. The van der Waals surface area contributed by atoms with Crippen LogP contribution in [0.3, 0.4) is 0 Å². The molecule has 38 heavy (non-hydrogen) atoms. The normalized spacial score (nSPS) is 16.4. The van der Waals surface area contributed by atoms with Crippen molar-refractivity contribution >= 4 is 28.5 Å². The van der Waals surface area contributed by atoms with Crippen LogP contribution in [0.1, 0.15) is 43.0 Å². The SMILES string of the molecule is CC1Cc2cc(C(C)(C)C(=O)N[C@H](Cc3cc(F)cc(F)c3)[C@H](O)CNCc3cccc(I)c3)ccc2O1. The second-order valence-electron chi connectivity index (χ2n) is 10.5. The smallest absolute Gasteiger partial charge is 0.230 e. The van der Waals surface area contributed by atoms with Gasteiger partial charge in [0.1, 0.15) is 23.5 Å². The van der Waals surface area contributed by atoms with Crippen LogP contribution in [0.25, 0.3) is 0 Å². The fourth-order valence-corrected chi connectivity index (χ4v) is 5.32. The Hall–Kier alpha value is -2.56. The van der Waals surface area contributed by atoms with Crippen LogP contribution in [0.4, 0.5) is 8.78 Å². The van der Waals surface area contributed by atoms with Gasteiger partial charge < -0.3 is 20.5 Å². The molecule has 8 heteroatoms. The summed E-state index contributed by atoms with van der Waals surface area (Å²) >= 11 is 2.24. The minimum Gasteiger partial charge on any atom is -0.490 e. The number of nitrogens with one attached hydrogen (secondary N) is 2. The Labute approximate surface area is 236 Å². The van der Waals surface area contributed by atoms with Crippen molar-refractivity contribution in [2.24, 2.45) is 0 Å². The summed E-state index contributed by atoms with van der Waals surface area (Å²) in [6, 6.07) is 16.2. The number of aliphatic hydroxyl groups excluding tert-OH is 1. The van der Waals surface area contributed by atoms with Gasteiger partial charge in [-0.1, -0.05) is 24.3 Å². The third-order valence-corrected chi connectivity index (χ3v) is 7.59. The molecular weight excluding hydrogens is 601 g/mol. The van der Waals surface area contributed by atoms with Crippen molar-refractivity contribution in [2.75, 3.05) is 6.54 Å². The Morgan fingerprint density at radius 2 is 1.84 bits per heavy atom. The van der Waals surface area contributed by atoms with E-state index in [9.17, 15) is 18.7 Å². The van der Waals surface area contributed by atoms with E-state index >= 15 is 0 Å². The molecule has 0 aliphatic carbocycles. The molecule has 1 aliphatic heterocycles. The fraction of sp³-hybridized carbons (Fsp3) is 0.367. The maximum atomic E-state index is 13.9. The lowest BCUT2D eigenvalue weighted by Gasteiger charge is -2.31. The number of amides is 1. The Balaban J connectivity index is 1.50. The van der Waals surface area contributed by atoms with Crippen molar-refractivity contribution in [1.29, 1.82) is 0 Å². The number of rotatable bonds is 10. The van der Waals surface area contributed by atoms with E-state index in [4.69, 9.17) is 4.74 Å². The van der Waals surface area contributed by atoms with Gasteiger partial charge in [0.25, 0.3) is 0 Å². The van der Waals surface area contributed by atoms with Crippen LogP contribution >= 0.6 is 22.6 Å². The van der Waals surface area contributed by atoms with Crippen LogP contribution in [0, 0.1) is 15.2 Å². The van der Waals surface area contributed by atoms with Crippen molar-refractivity contribution in [1.82, 2.24) is 10.6 Å². The summed E-state index contributed by atoms with van der Waals surface area (Å²) in [7, 11) is 0. The highest BCUT2D eigenvalue weighted by atomic mass is 127. The van der Waals surface area contributed by atoms with Gasteiger partial charge in [-0.2, -0.15) is 0 Å². The summed E-state index contributed by atoms with van der Waals surface area (Å²) in [6.07, 6.45) is -0.0641. The van der Waals surface area contributed by atoms with Gasteiger partial charge in [0.05, 0.1) is 17.6 Å². The fourth-order valence-electron chi connectivity index (χ4n) is 4.71. The first-order chi connectivity index (χ1) is 18.0. The number of aliphatic hydroxyl groups is 1. The van der Waals surface area contributed by atoms with E-state index < -0.39 is 29.2 Å². The molecule has 1 heterocycles. The first kappa shape index (κ1) is 28.4. The summed E-state index contributed by atoms with van der Waals surface area (Å²) in [5.74, 6) is -0.862. The van der Waals surface area contributed by atoms with Crippen LogP contribution in [0.2, 0.25) is 0 Å². The molecule has 202 valence electrons. The van der Waals surface area contributed by atoms with Gasteiger partial charge in [-0.15, -0.1) is 0 Å². The molecule has 0 radical (unpaired) electrons. The van der Waals surface area contributed by atoms with E-state index in [1.54, 1.807) is 0 Å². The Morgan fingerprint density at radius 3 is 2.55 bits per heavy atom. The number of fused-ring (bicyclic) bond motifs is 1. The minimum atomic E-state index is -1.00. The van der Waals surface area contributed by atoms with Gasteiger partial charge in [-0.3, -0.25) is 4.79 Å². The molecule has 0 bridgehead atoms. The number of hydrogen-bond donors (Lipinski definition) is 3. The van der Waals surface area contributed by atoms with Crippen molar-refractivity contribution in [3.8, 4) is 5.75 Å². The molecule has 4 rings (SSSR count). The van der Waals surface area contributed by atoms with Crippen molar-refractivity contribution in [2.45, 2.75) is 63.8 Å². The summed E-state index contributed by atoms with van der Waals surface area (Å²) in [5, 5.41) is 17.3. The maximum absolute atomic E-state index is 13.9. The zero-order valence-corrected chi connectivity index (χ0v) is 23.9. The molecule has 1 aliphatic rings. The van der Waals surface area contributed by atoms with Crippen LogP contribution in [-0.2, 0) is 29.6 Å². The molecule has 0 spiro atoms. The molecule has 3 aromatic carbocycles. The first-order valence-corrected chi connectivity index (χ1v) is 13.8. The Bertz CT molecular complexity index is 1280.